The molecule has 0 saturated carbocycles. The second kappa shape index (κ2) is 43.3. The number of allylic oxidation sites excluding steroid dienone is 4. The molecule has 51 heavy (non-hydrogen) atoms. The van der Waals surface area contributed by atoms with Crippen molar-refractivity contribution in [2.24, 2.45) is 0 Å². The molecule has 1 amide bonds. The Hall–Kier alpha value is -1.13. The number of amides is 1. The first-order valence-corrected chi connectivity index (χ1v) is 23.0. The Morgan fingerprint density at radius 3 is 1.18 bits per heavy atom. The van der Waals surface area contributed by atoms with E-state index in [1.807, 2.05) is 0 Å². The predicted molar refractivity (Wildman–Crippen MR) is 225 cm³/mol. The molecular weight excluding hydrogens is 627 g/mol. The summed E-state index contributed by atoms with van der Waals surface area (Å²) in [6, 6.07) is -0.530. The monoisotopic (exact) mass is 718 g/mol. The average Bonchev–Trinajstić information content (AvgIpc) is 3.13. The lowest BCUT2D eigenvalue weighted by atomic mass is 10.0. The first-order chi connectivity index (χ1) is 25.2. The number of carbonyl (C=O) groups is 1. The van der Waals surface area contributed by atoms with Crippen molar-refractivity contribution in [2.45, 2.75) is 264 Å². The van der Waals surface area contributed by atoms with Gasteiger partial charge in [-0.3, -0.25) is 4.79 Å². The minimum absolute atomic E-state index is 0.0315. The van der Waals surface area contributed by atoms with Gasteiger partial charge in [-0.1, -0.05) is 224 Å². The van der Waals surface area contributed by atoms with Crippen LogP contribution < -0.4 is 5.32 Å². The van der Waals surface area contributed by atoms with Gasteiger partial charge in [0.2, 0.25) is 5.91 Å². The third-order valence-corrected chi connectivity index (χ3v) is 10.7. The van der Waals surface area contributed by atoms with Crippen LogP contribution in [0.3, 0.4) is 0 Å². The molecular formula is C47H91NO3. The van der Waals surface area contributed by atoms with Gasteiger partial charge in [0.15, 0.2) is 0 Å². The molecule has 0 aromatic rings. The SMILES string of the molecule is CCCCCCC/C=C\C/C=C\CCCCCCCCCCCCCCCCCCCCCC(=O)NC(CO)C(O)CCCCCCCCCC. The molecule has 0 aliphatic carbocycles. The largest absolute Gasteiger partial charge is 0.394 e. The summed E-state index contributed by atoms with van der Waals surface area (Å²) in [6.07, 6.45) is 55.7. The van der Waals surface area contributed by atoms with Crippen molar-refractivity contribution in [3.05, 3.63) is 24.3 Å². The van der Waals surface area contributed by atoms with E-state index in [0.29, 0.717) is 12.8 Å². The number of aliphatic hydroxyl groups is 2. The van der Waals surface area contributed by atoms with Gasteiger partial charge >= 0.3 is 0 Å². The molecule has 2 unspecified atom stereocenters. The highest BCUT2D eigenvalue weighted by atomic mass is 16.3. The Morgan fingerprint density at radius 2 is 0.804 bits per heavy atom. The smallest absolute Gasteiger partial charge is 0.220 e. The van der Waals surface area contributed by atoms with Crippen molar-refractivity contribution in [3.63, 3.8) is 0 Å². The van der Waals surface area contributed by atoms with Crippen molar-refractivity contribution in [2.75, 3.05) is 6.61 Å². The van der Waals surface area contributed by atoms with Crippen LogP contribution in [-0.2, 0) is 4.79 Å². The molecule has 2 atom stereocenters. The van der Waals surface area contributed by atoms with Crippen LogP contribution >= 0.6 is 0 Å². The minimum atomic E-state index is -0.653. The molecule has 3 N–H and O–H groups in total. The summed E-state index contributed by atoms with van der Waals surface area (Å²) in [6.45, 7) is 4.33. The lowest BCUT2D eigenvalue weighted by Gasteiger charge is -2.22. The van der Waals surface area contributed by atoms with Crippen LogP contribution in [0.25, 0.3) is 0 Å². The van der Waals surface area contributed by atoms with Gasteiger partial charge in [0, 0.05) is 6.42 Å². The molecule has 0 aromatic heterocycles. The highest BCUT2D eigenvalue weighted by Gasteiger charge is 2.20. The van der Waals surface area contributed by atoms with E-state index in [1.54, 1.807) is 0 Å². The number of rotatable bonds is 42. The summed E-state index contributed by atoms with van der Waals surface area (Å²) in [5.74, 6) is -0.0315. The second-order valence-corrected chi connectivity index (χ2v) is 15.8. The van der Waals surface area contributed by atoms with Gasteiger partial charge in [0.25, 0.3) is 0 Å². The number of carbonyl (C=O) groups excluding carboxylic acids is 1. The molecule has 0 aromatic carbocycles. The van der Waals surface area contributed by atoms with E-state index >= 15 is 0 Å². The number of unbranched alkanes of at least 4 members (excludes halogenated alkanes) is 31. The van der Waals surface area contributed by atoms with E-state index in [0.717, 1.165) is 32.1 Å². The predicted octanol–water partition coefficient (Wildman–Crippen LogP) is 14.4. The molecule has 0 radical (unpaired) electrons. The summed E-state index contributed by atoms with van der Waals surface area (Å²) < 4.78 is 0. The van der Waals surface area contributed by atoms with Crippen molar-refractivity contribution >= 4 is 5.91 Å². The Bertz CT molecular complexity index is 735. The molecule has 0 heterocycles. The van der Waals surface area contributed by atoms with Crippen LogP contribution in [0.15, 0.2) is 24.3 Å². The summed E-state index contributed by atoms with van der Waals surface area (Å²) >= 11 is 0. The van der Waals surface area contributed by atoms with Crippen molar-refractivity contribution < 1.29 is 15.0 Å². The van der Waals surface area contributed by atoms with Gasteiger partial charge in [-0.15, -0.1) is 0 Å². The van der Waals surface area contributed by atoms with Gasteiger partial charge in [-0.25, -0.2) is 0 Å². The maximum absolute atomic E-state index is 12.3. The summed E-state index contributed by atoms with van der Waals surface area (Å²) in [7, 11) is 0. The first kappa shape index (κ1) is 49.9. The number of aliphatic hydroxyl groups excluding tert-OH is 2. The lowest BCUT2D eigenvalue weighted by molar-refractivity contribution is -0.123. The second-order valence-electron chi connectivity index (χ2n) is 15.8. The lowest BCUT2D eigenvalue weighted by Crippen LogP contribution is -2.45. The average molecular weight is 718 g/mol. The van der Waals surface area contributed by atoms with Crippen molar-refractivity contribution in [1.29, 1.82) is 0 Å². The Morgan fingerprint density at radius 1 is 0.471 bits per heavy atom. The summed E-state index contributed by atoms with van der Waals surface area (Å²) in [5, 5.41) is 23.0. The number of hydrogen-bond donors (Lipinski definition) is 3. The number of hydrogen-bond acceptors (Lipinski definition) is 3. The zero-order valence-corrected chi connectivity index (χ0v) is 34.6. The van der Waals surface area contributed by atoms with E-state index in [-0.39, 0.29) is 12.5 Å². The normalized spacial score (nSPS) is 13.1. The van der Waals surface area contributed by atoms with Crippen molar-refractivity contribution in [3.8, 4) is 0 Å². The zero-order valence-electron chi connectivity index (χ0n) is 34.6. The van der Waals surface area contributed by atoms with E-state index < -0.39 is 12.1 Å². The highest BCUT2D eigenvalue weighted by Crippen LogP contribution is 2.16. The van der Waals surface area contributed by atoms with Gasteiger partial charge in [-0.05, 0) is 44.9 Å². The van der Waals surface area contributed by atoms with Crippen LogP contribution in [0.4, 0.5) is 0 Å². The molecule has 4 heteroatoms. The van der Waals surface area contributed by atoms with Gasteiger partial charge in [0.1, 0.15) is 0 Å². The molecule has 0 spiro atoms. The van der Waals surface area contributed by atoms with E-state index in [1.165, 1.54) is 193 Å². The van der Waals surface area contributed by atoms with E-state index in [9.17, 15) is 15.0 Å². The molecule has 0 fully saturated rings. The highest BCUT2D eigenvalue weighted by molar-refractivity contribution is 5.76. The molecule has 0 bridgehead atoms. The fourth-order valence-electron chi connectivity index (χ4n) is 7.16. The van der Waals surface area contributed by atoms with Crippen LogP contribution in [0.5, 0.6) is 0 Å². The Labute approximate surface area is 319 Å². The quantitative estimate of drug-likeness (QED) is 0.0435. The Balaban J connectivity index is 3.37. The fourth-order valence-corrected chi connectivity index (χ4v) is 7.16. The van der Waals surface area contributed by atoms with E-state index in [2.05, 4.69) is 43.5 Å². The third kappa shape index (κ3) is 39.9. The van der Waals surface area contributed by atoms with E-state index in [4.69, 9.17) is 0 Å². The van der Waals surface area contributed by atoms with Gasteiger partial charge in [0.05, 0.1) is 18.8 Å². The molecule has 0 saturated heterocycles. The van der Waals surface area contributed by atoms with Crippen LogP contribution in [0.1, 0.15) is 251 Å². The Kier molecular flexibility index (Phi) is 42.3. The first-order valence-electron chi connectivity index (χ1n) is 23.0. The minimum Gasteiger partial charge on any atom is -0.394 e. The summed E-state index contributed by atoms with van der Waals surface area (Å²) in [4.78, 5) is 12.3. The van der Waals surface area contributed by atoms with Crippen LogP contribution in [0.2, 0.25) is 0 Å². The fraction of sp³-hybridized carbons (Fsp3) is 0.894. The van der Waals surface area contributed by atoms with Crippen molar-refractivity contribution in [1.82, 2.24) is 5.32 Å². The van der Waals surface area contributed by atoms with Gasteiger partial charge in [-0.2, -0.15) is 0 Å². The van der Waals surface area contributed by atoms with Crippen LogP contribution in [0, 0.1) is 0 Å². The molecule has 0 aliphatic heterocycles. The number of nitrogens with one attached hydrogen (secondary N) is 1. The maximum Gasteiger partial charge on any atom is 0.220 e. The topological polar surface area (TPSA) is 69.6 Å². The van der Waals surface area contributed by atoms with Gasteiger partial charge < -0.3 is 15.5 Å². The zero-order chi connectivity index (χ0) is 37.1. The molecule has 4 nitrogen and oxygen atoms in total. The molecule has 302 valence electrons. The van der Waals surface area contributed by atoms with Crippen LogP contribution in [-0.4, -0.2) is 34.9 Å². The molecule has 0 rings (SSSR count). The standard InChI is InChI=1S/C47H91NO3/c1-3-5-7-9-11-13-14-15-16-17-18-19-20-21-22-23-24-25-26-27-28-29-30-31-32-33-34-35-37-39-41-43-47(51)48-45(44-49)46(50)42-40-38-36-12-10-8-6-4-2/h14-15,17-18,45-46,49-50H,3-13,16,19-44H2,1-2H3,(H,48,51)/b15-14-,18-17-. The third-order valence-electron chi connectivity index (χ3n) is 10.7. The summed E-state index contributed by atoms with van der Waals surface area (Å²) in [5.41, 5.74) is 0. The molecule has 0 aliphatic rings. The maximum atomic E-state index is 12.3.